The number of hydrogen-bond acceptors (Lipinski definition) is 2. The van der Waals surface area contributed by atoms with Crippen molar-refractivity contribution in [3.63, 3.8) is 0 Å². The zero-order chi connectivity index (χ0) is 23.5. The molecule has 0 saturated heterocycles. The van der Waals surface area contributed by atoms with E-state index in [0.717, 1.165) is 42.7 Å². The third-order valence-electron chi connectivity index (χ3n) is 6.97. The molecule has 0 heterocycles. The summed E-state index contributed by atoms with van der Waals surface area (Å²) >= 11 is 0. The summed E-state index contributed by atoms with van der Waals surface area (Å²) in [6.07, 6.45) is 14.4. The summed E-state index contributed by atoms with van der Waals surface area (Å²) in [6.45, 7) is 2.24. The van der Waals surface area contributed by atoms with E-state index in [4.69, 9.17) is 4.74 Å². The van der Waals surface area contributed by atoms with Gasteiger partial charge in [0.1, 0.15) is 5.82 Å². The molecule has 1 fully saturated rings. The number of carbonyl (C=O) groups excluding carboxylic acids is 1. The minimum atomic E-state index is -0.503. The van der Waals surface area contributed by atoms with Crippen molar-refractivity contribution < 1.29 is 18.3 Å². The highest BCUT2D eigenvalue weighted by atomic mass is 19.1. The molecule has 0 unspecified atom stereocenters. The molecule has 2 aromatic carbocycles. The van der Waals surface area contributed by atoms with Gasteiger partial charge in [0.25, 0.3) is 0 Å². The van der Waals surface area contributed by atoms with Gasteiger partial charge in [0.2, 0.25) is 0 Å². The fourth-order valence-electron chi connectivity index (χ4n) is 4.81. The Morgan fingerprint density at radius 2 is 1.48 bits per heavy atom. The molecule has 0 radical (unpaired) electrons. The quantitative estimate of drug-likeness (QED) is 0.183. The van der Waals surface area contributed by atoms with Crippen LogP contribution in [0.25, 0.3) is 0 Å². The van der Waals surface area contributed by atoms with Gasteiger partial charge in [-0.2, -0.15) is 0 Å². The van der Waals surface area contributed by atoms with Crippen LogP contribution >= 0.6 is 0 Å². The van der Waals surface area contributed by atoms with Crippen LogP contribution in [-0.4, -0.2) is 5.97 Å². The third kappa shape index (κ3) is 8.57. The molecular formula is C29H38F2O2. The molecular weight excluding hydrogens is 418 g/mol. The van der Waals surface area contributed by atoms with E-state index in [1.54, 1.807) is 24.3 Å². The molecule has 2 aromatic rings. The van der Waals surface area contributed by atoms with Crippen molar-refractivity contribution in [2.75, 3.05) is 0 Å². The van der Waals surface area contributed by atoms with Gasteiger partial charge in [0, 0.05) is 0 Å². The average Bonchev–Trinajstić information content (AvgIpc) is 2.83. The van der Waals surface area contributed by atoms with Crippen LogP contribution in [0.2, 0.25) is 0 Å². The van der Waals surface area contributed by atoms with Crippen molar-refractivity contribution in [3.8, 4) is 5.75 Å². The van der Waals surface area contributed by atoms with Gasteiger partial charge in [-0.15, -0.1) is 0 Å². The molecule has 180 valence electrons. The molecule has 33 heavy (non-hydrogen) atoms. The standard InChI is InChI=1S/C29H38F2O2/c1-2-3-4-5-6-7-8-22-11-16-25(17-12-22)29(32)33-28-20-15-24(21-27(28)31)10-9-23-13-18-26(30)19-14-23/h13-15,18-22,25H,2-12,16-17H2,1H3. The normalized spacial score (nSPS) is 18.3. The maximum Gasteiger partial charge on any atom is 0.314 e. The Bertz CT molecular complexity index is 854. The highest BCUT2D eigenvalue weighted by Gasteiger charge is 2.28. The van der Waals surface area contributed by atoms with E-state index in [1.165, 1.54) is 63.1 Å². The second-order valence-electron chi connectivity index (χ2n) is 9.59. The topological polar surface area (TPSA) is 26.3 Å². The lowest BCUT2D eigenvalue weighted by molar-refractivity contribution is -0.140. The summed E-state index contributed by atoms with van der Waals surface area (Å²) < 4.78 is 33.0. The highest BCUT2D eigenvalue weighted by Crippen LogP contribution is 2.33. The monoisotopic (exact) mass is 456 g/mol. The first-order chi connectivity index (χ1) is 16.0. The minimum Gasteiger partial charge on any atom is -0.423 e. The predicted octanol–water partition coefficient (Wildman–Crippen LogP) is 8.21. The van der Waals surface area contributed by atoms with E-state index >= 15 is 0 Å². The van der Waals surface area contributed by atoms with Gasteiger partial charge in [-0.25, -0.2) is 8.78 Å². The van der Waals surface area contributed by atoms with E-state index in [-0.39, 0.29) is 23.5 Å². The zero-order valence-electron chi connectivity index (χ0n) is 20.0. The van der Waals surface area contributed by atoms with Gasteiger partial charge in [-0.1, -0.05) is 70.1 Å². The maximum absolute atomic E-state index is 14.5. The van der Waals surface area contributed by atoms with Crippen LogP contribution in [0.1, 0.15) is 88.7 Å². The van der Waals surface area contributed by atoms with Crippen LogP contribution in [0.5, 0.6) is 5.75 Å². The molecule has 1 saturated carbocycles. The van der Waals surface area contributed by atoms with Crippen LogP contribution < -0.4 is 4.74 Å². The Morgan fingerprint density at radius 3 is 2.18 bits per heavy atom. The number of rotatable bonds is 12. The molecule has 0 amide bonds. The molecule has 1 aliphatic carbocycles. The molecule has 0 spiro atoms. The molecule has 3 rings (SSSR count). The van der Waals surface area contributed by atoms with Crippen molar-refractivity contribution in [1.82, 2.24) is 0 Å². The SMILES string of the molecule is CCCCCCCCC1CCC(C(=O)Oc2ccc(CCc3ccc(F)cc3)cc2F)CC1. The van der Waals surface area contributed by atoms with Gasteiger partial charge in [0.15, 0.2) is 11.6 Å². The molecule has 0 aromatic heterocycles. The van der Waals surface area contributed by atoms with Crippen molar-refractivity contribution in [3.05, 3.63) is 65.2 Å². The predicted molar refractivity (Wildman–Crippen MR) is 129 cm³/mol. The van der Waals surface area contributed by atoms with Gasteiger partial charge in [0.05, 0.1) is 5.92 Å². The molecule has 0 N–H and O–H groups in total. The summed E-state index contributed by atoms with van der Waals surface area (Å²) in [5.74, 6) is -0.453. The molecule has 0 atom stereocenters. The summed E-state index contributed by atoms with van der Waals surface area (Å²) in [5, 5.41) is 0. The minimum absolute atomic E-state index is 0.0136. The second kappa shape index (κ2) is 13.5. The maximum atomic E-state index is 14.5. The lowest BCUT2D eigenvalue weighted by atomic mass is 9.80. The van der Waals surface area contributed by atoms with Crippen LogP contribution in [0, 0.1) is 23.5 Å². The van der Waals surface area contributed by atoms with Crippen molar-refractivity contribution in [1.29, 1.82) is 0 Å². The number of esters is 1. The van der Waals surface area contributed by atoms with Crippen molar-refractivity contribution >= 4 is 5.97 Å². The van der Waals surface area contributed by atoms with E-state index in [9.17, 15) is 13.6 Å². The molecule has 2 nitrogen and oxygen atoms in total. The van der Waals surface area contributed by atoms with Gasteiger partial charge in [-0.3, -0.25) is 4.79 Å². The summed E-state index contributed by atoms with van der Waals surface area (Å²) in [6, 6.07) is 11.1. The first kappa shape index (κ1) is 25.4. The lowest BCUT2D eigenvalue weighted by Gasteiger charge is -2.27. The van der Waals surface area contributed by atoms with E-state index in [1.807, 2.05) is 0 Å². The Morgan fingerprint density at radius 1 is 0.848 bits per heavy atom. The van der Waals surface area contributed by atoms with E-state index < -0.39 is 5.82 Å². The van der Waals surface area contributed by atoms with Gasteiger partial charge < -0.3 is 4.74 Å². The smallest absolute Gasteiger partial charge is 0.314 e. The van der Waals surface area contributed by atoms with Crippen molar-refractivity contribution in [2.24, 2.45) is 11.8 Å². The first-order valence-electron chi connectivity index (χ1n) is 12.8. The largest absolute Gasteiger partial charge is 0.423 e. The number of carbonyl (C=O) groups is 1. The lowest BCUT2D eigenvalue weighted by Crippen LogP contribution is -2.26. The molecule has 0 bridgehead atoms. The summed E-state index contributed by atoms with van der Waals surface area (Å²) in [4.78, 5) is 12.6. The van der Waals surface area contributed by atoms with Gasteiger partial charge >= 0.3 is 5.97 Å². The zero-order valence-corrected chi connectivity index (χ0v) is 20.0. The van der Waals surface area contributed by atoms with Crippen LogP contribution in [0.15, 0.2) is 42.5 Å². The Balaban J connectivity index is 1.39. The van der Waals surface area contributed by atoms with E-state index in [0.29, 0.717) is 12.8 Å². The number of benzene rings is 2. The van der Waals surface area contributed by atoms with Crippen LogP contribution in [-0.2, 0) is 17.6 Å². The summed E-state index contributed by atoms with van der Waals surface area (Å²) in [7, 11) is 0. The van der Waals surface area contributed by atoms with Crippen LogP contribution in [0.4, 0.5) is 8.78 Å². The molecule has 0 aliphatic heterocycles. The Labute approximate surface area is 197 Å². The van der Waals surface area contributed by atoms with Crippen molar-refractivity contribution in [2.45, 2.75) is 90.4 Å². The summed E-state index contributed by atoms with van der Waals surface area (Å²) in [5.41, 5.74) is 1.83. The second-order valence-corrected chi connectivity index (χ2v) is 9.59. The third-order valence-corrected chi connectivity index (χ3v) is 6.97. The molecule has 1 aliphatic rings. The first-order valence-corrected chi connectivity index (χ1v) is 12.8. The average molecular weight is 457 g/mol. The fraction of sp³-hybridized carbons (Fsp3) is 0.552. The molecule has 4 heteroatoms. The number of unbranched alkanes of at least 4 members (excludes halogenated alkanes) is 5. The number of halogens is 2. The van der Waals surface area contributed by atoms with Gasteiger partial charge in [-0.05, 0) is 79.8 Å². The van der Waals surface area contributed by atoms with E-state index in [2.05, 4.69) is 6.92 Å². The fourth-order valence-corrected chi connectivity index (χ4v) is 4.81. The Hall–Kier alpha value is -2.23. The number of ether oxygens (including phenoxy) is 1. The van der Waals surface area contributed by atoms with Crippen LogP contribution in [0.3, 0.4) is 0 Å². The number of hydrogen-bond donors (Lipinski definition) is 0. The number of aryl methyl sites for hydroxylation is 2. The highest BCUT2D eigenvalue weighted by molar-refractivity contribution is 5.75. The Kier molecular flexibility index (Phi) is 10.4.